The summed E-state index contributed by atoms with van der Waals surface area (Å²) in [5.74, 6) is -1.30. The van der Waals surface area contributed by atoms with E-state index >= 15 is 0 Å². The van der Waals surface area contributed by atoms with E-state index in [-0.39, 0.29) is 56.5 Å². The molecule has 2 rings (SSSR count). The van der Waals surface area contributed by atoms with Gasteiger partial charge in [-0.05, 0) is 24.8 Å². The van der Waals surface area contributed by atoms with Gasteiger partial charge >= 0.3 is 5.97 Å². The van der Waals surface area contributed by atoms with E-state index in [1.165, 1.54) is 0 Å². The van der Waals surface area contributed by atoms with Crippen molar-refractivity contribution in [3.05, 3.63) is 48.0 Å². The van der Waals surface area contributed by atoms with E-state index in [1.54, 1.807) is 0 Å². The van der Waals surface area contributed by atoms with E-state index in [4.69, 9.17) is 14.6 Å². The number of carbonyl (C=O) groups is 3. The lowest BCUT2D eigenvalue weighted by Gasteiger charge is -2.23. The van der Waals surface area contributed by atoms with Crippen molar-refractivity contribution in [1.82, 2.24) is 10.6 Å². The molecule has 0 aliphatic carbocycles. The summed E-state index contributed by atoms with van der Waals surface area (Å²) in [6.07, 6.45) is 5.47. The second-order valence-corrected chi connectivity index (χ2v) is 7.41. The minimum Gasteiger partial charge on any atom is -0.463 e. The molecule has 0 saturated carbocycles. The SMILES string of the molecule is O=C(C[C@H]1CC=CCCC(=O)OC[C@@H](Cc2ccccc2)NC1=O)NCCOCCO. The molecule has 0 aromatic heterocycles. The second-order valence-electron chi connectivity index (χ2n) is 7.41. The van der Waals surface area contributed by atoms with Gasteiger partial charge in [0, 0.05) is 19.4 Å². The maximum Gasteiger partial charge on any atom is 0.306 e. The fourth-order valence-corrected chi connectivity index (χ4v) is 3.22. The number of nitrogens with one attached hydrogen (secondary N) is 2. The van der Waals surface area contributed by atoms with Crippen LogP contribution in [0, 0.1) is 5.92 Å². The molecule has 0 saturated heterocycles. The number of rotatable bonds is 9. The van der Waals surface area contributed by atoms with Crippen LogP contribution >= 0.6 is 0 Å². The standard InChI is InChI=1S/C23H32N2O6/c26-12-14-30-13-11-24-21(27)16-19-9-5-2-6-10-22(28)31-17-20(25-23(19)29)15-18-7-3-1-4-8-18/h1-5,7-8,19-20,26H,6,9-17H2,(H,24,27)(H,25,29)/t19-,20-/m1/s1. The molecule has 8 nitrogen and oxygen atoms in total. The molecule has 1 aromatic carbocycles. The smallest absolute Gasteiger partial charge is 0.306 e. The number of benzene rings is 1. The molecular weight excluding hydrogens is 400 g/mol. The fourth-order valence-electron chi connectivity index (χ4n) is 3.22. The van der Waals surface area contributed by atoms with Crippen molar-refractivity contribution in [1.29, 1.82) is 0 Å². The number of allylic oxidation sites excluding steroid dienone is 2. The number of aliphatic hydroxyl groups is 1. The number of cyclic esters (lactones) is 1. The Morgan fingerprint density at radius 2 is 2.00 bits per heavy atom. The average Bonchev–Trinajstić information content (AvgIpc) is 2.76. The molecule has 0 radical (unpaired) electrons. The zero-order chi connectivity index (χ0) is 22.3. The van der Waals surface area contributed by atoms with Gasteiger partial charge in [0.2, 0.25) is 11.8 Å². The van der Waals surface area contributed by atoms with Crippen LogP contribution in [0.1, 0.15) is 31.2 Å². The summed E-state index contributed by atoms with van der Waals surface area (Å²) in [7, 11) is 0. The first-order valence-electron chi connectivity index (χ1n) is 10.7. The van der Waals surface area contributed by atoms with Gasteiger partial charge in [0.15, 0.2) is 0 Å². The van der Waals surface area contributed by atoms with Gasteiger partial charge in [0.25, 0.3) is 0 Å². The summed E-state index contributed by atoms with van der Waals surface area (Å²) in [5, 5.41) is 14.4. The van der Waals surface area contributed by atoms with Gasteiger partial charge in [-0.15, -0.1) is 0 Å². The third-order valence-electron chi connectivity index (χ3n) is 4.83. The normalized spacial score (nSPS) is 20.2. The molecule has 31 heavy (non-hydrogen) atoms. The molecule has 3 N–H and O–H groups in total. The molecule has 2 amide bonds. The van der Waals surface area contributed by atoms with E-state index in [2.05, 4.69) is 10.6 Å². The molecule has 0 unspecified atom stereocenters. The highest BCUT2D eigenvalue weighted by Crippen LogP contribution is 2.14. The van der Waals surface area contributed by atoms with Crippen molar-refractivity contribution in [3.8, 4) is 0 Å². The van der Waals surface area contributed by atoms with Crippen molar-refractivity contribution in [2.24, 2.45) is 5.92 Å². The maximum absolute atomic E-state index is 12.9. The molecule has 0 fully saturated rings. The Bertz CT molecular complexity index is 722. The first-order chi connectivity index (χ1) is 15.1. The van der Waals surface area contributed by atoms with Gasteiger partial charge in [-0.1, -0.05) is 42.5 Å². The highest BCUT2D eigenvalue weighted by Gasteiger charge is 2.24. The third kappa shape index (κ3) is 10.2. The van der Waals surface area contributed by atoms with Gasteiger partial charge in [-0.25, -0.2) is 0 Å². The topological polar surface area (TPSA) is 114 Å². The summed E-state index contributed by atoms with van der Waals surface area (Å²) in [4.78, 5) is 37.1. The van der Waals surface area contributed by atoms with Crippen LogP contribution in [0.4, 0.5) is 0 Å². The van der Waals surface area contributed by atoms with E-state index in [0.717, 1.165) is 5.56 Å². The Morgan fingerprint density at radius 1 is 1.19 bits per heavy atom. The van der Waals surface area contributed by atoms with Crippen molar-refractivity contribution in [3.63, 3.8) is 0 Å². The number of amides is 2. The lowest BCUT2D eigenvalue weighted by molar-refractivity contribution is -0.145. The van der Waals surface area contributed by atoms with Crippen molar-refractivity contribution in [2.75, 3.05) is 33.0 Å². The minimum absolute atomic E-state index is 0.0496. The average molecular weight is 433 g/mol. The first kappa shape index (κ1) is 24.6. The zero-order valence-corrected chi connectivity index (χ0v) is 17.8. The predicted octanol–water partition coefficient (Wildman–Crippen LogP) is 1.13. The van der Waals surface area contributed by atoms with Crippen molar-refractivity contribution >= 4 is 17.8 Å². The van der Waals surface area contributed by atoms with Crippen LogP contribution in [0.5, 0.6) is 0 Å². The maximum atomic E-state index is 12.9. The Labute approximate surface area is 183 Å². The van der Waals surface area contributed by atoms with E-state index in [0.29, 0.717) is 32.4 Å². The van der Waals surface area contributed by atoms with Crippen LogP contribution in [-0.2, 0) is 30.3 Å². The van der Waals surface area contributed by atoms with Crippen LogP contribution in [-0.4, -0.2) is 61.9 Å². The van der Waals surface area contributed by atoms with Crippen LogP contribution in [0.3, 0.4) is 0 Å². The van der Waals surface area contributed by atoms with Gasteiger partial charge in [0.1, 0.15) is 6.61 Å². The van der Waals surface area contributed by atoms with Crippen molar-refractivity contribution in [2.45, 2.75) is 38.1 Å². The van der Waals surface area contributed by atoms with E-state index in [1.807, 2.05) is 42.5 Å². The molecule has 2 atom stereocenters. The van der Waals surface area contributed by atoms with Crippen LogP contribution in [0.2, 0.25) is 0 Å². The molecule has 0 bridgehead atoms. The molecule has 170 valence electrons. The predicted molar refractivity (Wildman–Crippen MR) is 115 cm³/mol. The van der Waals surface area contributed by atoms with Crippen LogP contribution in [0.15, 0.2) is 42.5 Å². The lowest BCUT2D eigenvalue weighted by Crippen LogP contribution is -2.44. The summed E-state index contributed by atoms with van der Waals surface area (Å²) in [6.45, 7) is 0.856. The number of hydrogen-bond donors (Lipinski definition) is 3. The Kier molecular flexibility index (Phi) is 11.3. The van der Waals surface area contributed by atoms with E-state index in [9.17, 15) is 14.4 Å². The van der Waals surface area contributed by atoms with Crippen molar-refractivity contribution < 1.29 is 29.0 Å². The van der Waals surface area contributed by atoms with Gasteiger partial charge in [-0.3, -0.25) is 14.4 Å². The molecule has 1 aliphatic heterocycles. The lowest BCUT2D eigenvalue weighted by atomic mass is 9.97. The van der Waals surface area contributed by atoms with Gasteiger partial charge < -0.3 is 25.2 Å². The summed E-state index contributed by atoms with van der Waals surface area (Å²) < 4.78 is 10.5. The monoisotopic (exact) mass is 432 g/mol. The number of carbonyl (C=O) groups excluding carboxylic acids is 3. The number of hydrogen-bond acceptors (Lipinski definition) is 6. The number of aliphatic hydroxyl groups excluding tert-OH is 1. The summed E-state index contributed by atoms with van der Waals surface area (Å²) in [5.41, 5.74) is 1.02. The zero-order valence-electron chi connectivity index (χ0n) is 17.8. The van der Waals surface area contributed by atoms with E-state index < -0.39 is 5.92 Å². The molecule has 1 heterocycles. The molecule has 0 spiro atoms. The third-order valence-corrected chi connectivity index (χ3v) is 4.83. The first-order valence-corrected chi connectivity index (χ1v) is 10.7. The molecule has 1 aliphatic rings. The number of ether oxygens (including phenoxy) is 2. The Hall–Kier alpha value is -2.71. The number of esters is 1. The largest absolute Gasteiger partial charge is 0.463 e. The molecular formula is C23H32N2O6. The van der Waals surface area contributed by atoms with Gasteiger partial charge in [0.05, 0.1) is 31.8 Å². The summed E-state index contributed by atoms with van der Waals surface area (Å²) >= 11 is 0. The van der Waals surface area contributed by atoms with Gasteiger partial charge in [-0.2, -0.15) is 0 Å². The van der Waals surface area contributed by atoms with Crippen LogP contribution in [0.25, 0.3) is 0 Å². The molecule has 1 aromatic rings. The van der Waals surface area contributed by atoms with Crippen LogP contribution < -0.4 is 10.6 Å². The highest BCUT2D eigenvalue weighted by molar-refractivity contribution is 5.86. The Morgan fingerprint density at radius 3 is 2.77 bits per heavy atom. The second kappa shape index (κ2) is 14.3. The quantitative estimate of drug-likeness (QED) is 0.306. The fraction of sp³-hybridized carbons (Fsp3) is 0.522. The summed E-state index contributed by atoms with van der Waals surface area (Å²) in [6, 6.07) is 9.29. The Balaban J connectivity index is 1.99. The highest BCUT2D eigenvalue weighted by atomic mass is 16.5. The minimum atomic E-state index is -0.525. The molecule has 8 heteroatoms.